The second-order valence-electron chi connectivity index (χ2n) is 4.33. The molecular formula is C12H13F3O4S2. The highest BCUT2D eigenvalue weighted by molar-refractivity contribution is 8.01. The number of aryl methyl sites for hydroxylation is 1. The summed E-state index contributed by atoms with van der Waals surface area (Å²) in [6.07, 6.45) is 0. The average molecular weight is 342 g/mol. The standard InChI is InChI=1S/C12H13F3O4S2/c1-7-5-9(11(16)17)6-10(8(7)2)21(18,19)4-3-20-12(13,14)15/h5-6H,3-4H2,1-2H3,(H,16,17). The zero-order valence-electron chi connectivity index (χ0n) is 11.2. The summed E-state index contributed by atoms with van der Waals surface area (Å²) in [6, 6.07) is 2.30. The molecule has 118 valence electrons. The fraction of sp³-hybridized carbons (Fsp3) is 0.417. The number of halogens is 3. The lowest BCUT2D eigenvalue weighted by molar-refractivity contribution is -0.0326. The van der Waals surface area contributed by atoms with Crippen molar-refractivity contribution in [2.45, 2.75) is 24.3 Å². The van der Waals surface area contributed by atoms with Crippen LogP contribution in [0.3, 0.4) is 0 Å². The maximum atomic E-state index is 12.1. The van der Waals surface area contributed by atoms with Crippen molar-refractivity contribution < 1.29 is 31.5 Å². The Hall–Kier alpha value is -1.22. The van der Waals surface area contributed by atoms with E-state index in [1.807, 2.05) is 0 Å². The number of alkyl halides is 3. The van der Waals surface area contributed by atoms with E-state index in [0.29, 0.717) is 11.1 Å². The third-order valence-corrected chi connectivity index (χ3v) is 5.65. The number of rotatable bonds is 5. The molecule has 0 bridgehead atoms. The molecule has 0 unspecified atom stereocenters. The van der Waals surface area contributed by atoms with E-state index in [0.717, 1.165) is 6.07 Å². The monoisotopic (exact) mass is 342 g/mol. The minimum atomic E-state index is -4.50. The van der Waals surface area contributed by atoms with Crippen LogP contribution in [-0.4, -0.2) is 36.5 Å². The van der Waals surface area contributed by atoms with Crippen LogP contribution in [0.4, 0.5) is 13.2 Å². The van der Waals surface area contributed by atoms with Gasteiger partial charge in [-0.25, -0.2) is 13.2 Å². The Morgan fingerprint density at radius 2 is 1.86 bits per heavy atom. The summed E-state index contributed by atoms with van der Waals surface area (Å²) in [5.74, 6) is -2.64. The second-order valence-corrected chi connectivity index (χ2v) is 7.57. The summed E-state index contributed by atoms with van der Waals surface area (Å²) in [5.41, 5.74) is -3.90. The molecule has 0 aromatic heterocycles. The van der Waals surface area contributed by atoms with Gasteiger partial charge in [0.05, 0.1) is 16.2 Å². The van der Waals surface area contributed by atoms with E-state index in [4.69, 9.17) is 5.11 Å². The Morgan fingerprint density at radius 3 is 2.33 bits per heavy atom. The molecule has 9 heteroatoms. The molecule has 0 aliphatic rings. The Kier molecular flexibility index (Phi) is 5.32. The molecule has 0 aliphatic heterocycles. The Bertz CT molecular complexity index is 651. The highest BCUT2D eigenvalue weighted by Gasteiger charge is 2.29. The van der Waals surface area contributed by atoms with Crippen molar-refractivity contribution in [1.29, 1.82) is 0 Å². The van der Waals surface area contributed by atoms with Gasteiger partial charge in [-0.05, 0) is 48.9 Å². The van der Waals surface area contributed by atoms with E-state index in [1.165, 1.54) is 13.0 Å². The second kappa shape index (κ2) is 6.27. The molecule has 1 aromatic rings. The van der Waals surface area contributed by atoms with Crippen molar-refractivity contribution in [2.24, 2.45) is 0 Å². The first kappa shape index (κ1) is 17.8. The van der Waals surface area contributed by atoms with E-state index >= 15 is 0 Å². The molecule has 0 aliphatic carbocycles. The van der Waals surface area contributed by atoms with Crippen molar-refractivity contribution >= 4 is 27.6 Å². The molecule has 0 saturated carbocycles. The van der Waals surface area contributed by atoms with Gasteiger partial charge in [0.1, 0.15) is 0 Å². The topological polar surface area (TPSA) is 71.4 Å². The largest absolute Gasteiger partial charge is 0.478 e. The van der Waals surface area contributed by atoms with Crippen molar-refractivity contribution in [3.63, 3.8) is 0 Å². The lowest BCUT2D eigenvalue weighted by Gasteiger charge is -2.12. The maximum absolute atomic E-state index is 12.1. The number of carbonyl (C=O) groups is 1. The van der Waals surface area contributed by atoms with Gasteiger partial charge in [-0.1, -0.05) is 0 Å². The SMILES string of the molecule is Cc1cc(C(=O)O)cc(S(=O)(=O)CCSC(F)(F)F)c1C. The van der Waals surface area contributed by atoms with Crippen LogP contribution in [0, 0.1) is 13.8 Å². The molecule has 0 amide bonds. The summed E-state index contributed by atoms with van der Waals surface area (Å²) in [6.45, 7) is 3.04. The maximum Gasteiger partial charge on any atom is 0.441 e. The molecule has 0 spiro atoms. The van der Waals surface area contributed by atoms with Crippen LogP contribution in [0.25, 0.3) is 0 Å². The first-order chi connectivity index (χ1) is 9.44. The minimum Gasteiger partial charge on any atom is -0.478 e. The first-order valence-corrected chi connectivity index (χ1v) is 8.36. The van der Waals surface area contributed by atoms with Crippen molar-refractivity contribution in [3.05, 3.63) is 28.8 Å². The molecule has 0 radical (unpaired) electrons. The quantitative estimate of drug-likeness (QED) is 0.890. The van der Waals surface area contributed by atoms with E-state index in [9.17, 15) is 26.4 Å². The van der Waals surface area contributed by atoms with E-state index in [2.05, 4.69) is 0 Å². The van der Waals surface area contributed by atoms with Crippen LogP contribution in [0.15, 0.2) is 17.0 Å². The molecule has 1 aromatic carbocycles. The zero-order chi connectivity index (χ0) is 16.4. The molecule has 1 N–H and O–H groups in total. The molecule has 0 heterocycles. The molecule has 0 atom stereocenters. The highest BCUT2D eigenvalue weighted by Crippen LogP contribution is 2.31. The lowest BCUT2D eigenvalue weighted by Crippen LogP contribution is -2.14. The predicted molar refractivity (Wildman–Crippen MR) is 73.4 cm³/mol. The number of sulfone groups is 1. The summed E-state index contributed by atoms with van der Waals surface area (Å²) in [5, 5.41) is 8.93. The van der Waals surface area contributed by atoms with Gasteiger partial charge in [-0.2, -0.15) is 13.2 Å². The normalized spacial score (nSPS) is 12.4. The number of thioether (sulfide) groups is 1. The van der Waals surface area contributed by atoms with Crippen molar-refractivity contribution in [1.82, 2.24) is 0 Å². The van der Waals surface area contributed by atoms with Crippen LogP contribution in [0.5, 0.6) is 0 Å². The molecule has 1 rings (SSSR count). The van der Waals surface area contributed by atoms with Crippen LogP contribution < -0.4 is 0 Å². The summed E-state index contributed by atoms with van der Waals surface area (Å²) in [4.78, 5) is 10.7. The number of carboxylic acids is 1. The van der Waals surface area contributed by atoms with Gasteiger partial charge in [0.15, 0.2) is 9.84 Å². The van der Waals surface area contributed by atoms with Crippen LogP contribution >= 0.6 is 11.8 Å². The fourth-order valence-corrected chi connectivity index (χ4v) is 4.25. The molecular weight excluding hydrogens is 329 g/mol. The predicted octanol–water partition coefficient (Wildman–Crippen LogP) is 3.03. The third kappa shape index (κ3) is 4.92. The van der Waals surface area contributed by atoms with Crippen LogP contribution in [-0.2, 0) is 9.84 Å². The highest BCUT2D eigenvalue weighted by atomic mass is 32.2. The lowest BCUT2D eigenvalue weighted by atomic mass is 10.1. The fourth-order valence-electron chi connectivity index (χ4n) is 1.65. The minimum absolute atomic E-state index is 0.208. The van der Waals surface area contributed by atoms with E-state index in [1.54, 1.807) is 6.92 Å². The Morgan fingerprint density at radius 1 is 1.29 bits per heavy atom. The van der Waals surface area contributed by atoms with Gasteiger partial charge >= 0.3 is 11.5 Å². The number of hydrogen-bond acceptors (Lipinski definition) is 4. The molecule has 21 heavy (non-hydrogen) atoms. The van der Waals surface area contributed by atoms with Gasteiger partial charge < -0.3 is 5.11 Å². The molecule has 0 fully saturated rings. The van der Waals surface area contributed by atoms with Crippen molar-refractivity contribution in [2.75, 3.05) is 11.5 Å². The van der Waals surface area contributed by atoms with Crippen LogP contribution in [0.1, 0.15) is 21.5 Å². The number of aromatic carboxylic acids is 1. The van der Waals surface area contributed by atoms with Gasteiger partial charge in [0.25, 0.3) is 0 Å². The Labute approximate surface area is 124 Å². The summed E-state index contributed by atoms with van der Waals surface area (Å²) in [7, 11) is -3.98. The number of hydrogen-bond donors (Lipinski definition) is 1. The number of benzene rings is 1. The average Bonchev–Trinajstić information content (AvgIpc) is 2.29. The molecule has 0 saturated heterocycles. The summed E-state index contributed by atoms with van der Waals surface area (Å²) < 4.78 is 60.3. The van der Waals surface area contributed by atoms with Crippen molar-refractivity contribution in [3.8, 4) is 0 Å². The van der Waals surface area contributed by atoms with Gasteiger partial charge in [0, 0.05) is 5.75 Å². The Balaban J connectivity index is 3.11. The molecule has 4 nitrogen and oxygen atoms in total. The van der Waals surface area contributed by atoms with E-state index in [-0.39, 0.29) is 10.5 Å². The smallest absolute Gasteiger partial charge is 0.441 e. The first-order valence-electron chi connectivity index (χ1n) is 5.72. The van der Waals surface area contributed by atoms with Crippen LogP contribution in [0.2, 0.25) is 0 Å². The van der Waals surface area contributed by atoms with Gasteiger partial charge in [-0.15, -0.1) is 0 Å². The number of carboxylic acid groups (broad SMARTS) is 1. The van der Waals surface area contributed by atoms with E-state index < -0.39 is 44.6 Å². The third-order valence-electron chi connectivity index (χ3n) is 2.82. The van der Waals surface area contributed by atoms with Gasteiger partial charge in [0.2, 0.25) is 0 Å². The van der Waals surface area contributed by atoms with Gasteiger partial charge in [-0.3, -0.25) is 0 Å². The summed E-state index contributed by atoms with van der Waals surface area (Å²) >= 11 is -0.420. The zero-order valence-corrected chi connectivity index (χ0v) is 12.8.